The number of anilines is 1. The van der Waals surface area contributed by atoms with Gasteiger partial charge in [-0.2, -0.15) is 0 Å². The molecule has 8 heteroatoms. The molecule has 1 N–H and O–H groups in total. The Morgan fingerprint density at radius 3 is 2.55 bits per heavy atom. The Balaban J connectivity index is 0.00000242. The molecule has 2 rings (SSSR count). The molecule has 0 fully saturated rings. The van der Waals surface area contributed by atoms with E-state index in [1.807, 2.05) is 0 Å². The van der Waals surface area contributed by atoms with Crippen molar-refractivity contribution in [2.45, 2.75) is 5.03 Å². The summed E-state index contributed by atoms with van der Waals surface area (Å²) in [4.78, 5) is 26.6. The van der Waals surface area contributed by atoms with Crippen molar-refractivity contribution < 1.29 is 66.1 Å². The molecule has 0 amide bonds. The summed E-state index contributed by atoms with van der Waals surface area (Å²) in [6.07, 6.45) is 1.43. The topological polar surface area (TPSA) is 82.1 Å². The Kier molecular flexibility index (Phi) is 8.62. The van der Waals surface area contributed by atoms with Crippen molar-refractivity contribution in [3.05, 3.63) is 53.2 Å². The molecule has 22 heavy (non-hydrogen) atoms. The molecule has 0 radical (unpaired) electrons. The number of halogens is 1. The third kappa shape index (κ3) is 6.00. The van der Waals surface area contributed by atoms with Crippen LogP contribution in [0.5, 0.6) is 0 Å². The number of aromatic nitrogens is 1. The maximum atomic E-state index is 11.8. The van der Waals surface area contributed by atoms with Crippen molar-refractivity contribution in [1.82, 2.24) is 4.98 Å². The molecule has 0 unspecified atom stereocenters. The normalized spacial score (nSPS) is 9.68. The summed E-state index contributed by atoms with van der Waals surface area (Å²) in [5.41, 5.74) is 0.650. The van der Waals surface area contributed by atoms with Gasteiger partial charge in [-0.3, -0.25) is 4.79 Å². The first-order valence-corrected chi connectivity index (χ1v) is 7.12. The van der Waals surface area contributed by atoms with Gasteiger partial charge in [0, 0.05) is 22.5 Å². The maximum Gasteiger partial charge on any atom is 1.00 e. The SMILES string of the molecule is O=C(CNc1ccc(Cl)cc1)Sc1ncccc1C(=O)[O-].[K+]. The Bertz CT molecular complexity index is 667. The van der Waals surface area contributed by atoms with E-state index in [9.17, 15) is 14.7 Å². The fraction of sp³-hybridized carbons (Fsp3) is 0.0714. The first kappa shape index (κ1) is 19.6. The van der Waals surface area contributed by atoms with Crippen molar-refractivity contribution in [1.29, 1.82) is 0 Å². The molecule has 1 aromatic carbocycles. The van der Waals surface area contributed by atoms with E-state index in [0.29, 0.717) is 5.02 Å². The van der Waals surface area contributed by atoms with Crippen molar-refractivity contribution >= 4 is 40.1 Å². The fourth-order valence-corrected chi connectivity index (χ4v) is 2.37. The molecule has 0 atom stereocenters. The van der Waals surface area contributed by atoms with Crippen molar-refractivity contribution in [3.63, 3.8) is 0 Å². The number of carbonyl (C=O) groups excluding carboxylic acids is 2. The van der Waals surface area contributed by atoms with Crippen LogP contribution in [0.2, 0.25) is 5.02 Å². The quantitative estimate of drug-likeness (QED) is 0.534. The van der Waals surface area contributed by atoms with E-state index in [0.717, 1.165) is 17.4 Å². The van der Waals surface area contributed by atoms with Crippen LogP contribution in [-0.2, 0) is 4.79 Å². The molecule has 108 valence electrons. The van der Waals surface area contributed by atoms with Gasteiger partial charge in [0.05, 0.1) is 12.5 Å². The minimum atomic E-state index is -1.36. The van der Waals surface area contributed by atoms with Crippen LogP contribution >= 0.6 is 23.4 Å². The number of hydrogen-bond acceptors (Lipinski definition) is 6. The van der Waals surface area contributed by atoms with Gasteiger partial charge in [-0.25, -0.2) is 4.98 Å². The second kappa shape index (κ2) is 9.66. The molecule has 0 aliphatic heterocycles. The van der Waals surface area contributed by atoms with Crippen molar-refractivity contribution in [2.75, 3.05) is 11.9 Å². The maximum absolute atomic E-state index is 11.8. The smallest absolute Gasteiger partial charge is 0.545 e. The number of carbonyl (C=O) groups is 2. The zero-order valence-electron chi connectivity index (χ0n) is 11.7. The summed E-state index contributed by atoms with van der Waals surface area (Å²) < 4.78 is 0. The second-order valence-electron chi connectivity index (χ2n) is 3.98. The van der Waals surface area contributed by atoms with Gasteiger partial charge in [0.15, 0.2) is 0 Å². The average molecular weight is 361 g/mol. The third-order valence-corrected chi connectivity index (χ3v) is 3.63. The number of pyridine rings is 1. The summed E-state index contributed by atoms with van der Waals surface area (Å²) in [6.45, 7) is 0.0371. The molecule has 1 aromatic heterocycles. The number of nitrogens with zero attached hydrogens (tertiary/aromatic N) is 1. The number of nitrogens with one attached hydrogen (secondary N) is 1. The predicted octanol–water partition coefficient (Wildman–Crippen LogP) is -1.17. The molecule has 0 aliphatic rings. The van der Waals surface area contributed by atoms with Gasteiger partial charge in [-0.15, -0.1) is 0 Å². The van der Waals surface area contributed by atoms with Gasteiger partial charge in [-0.05, 0) is 48.2 Å². The van der Waals surface area contributed by atoms with Crippen LogP contribution in [0.3, 0.4) is 0 Å². The van der Waals surface area contributed by atoms with Crippen LogP contribution in [0, 0.1) is 0 Å². The Labute approximate surface area is 179 Å². The van der Waals surface area contributed by atoms with Gasteiger partial charge in [0.1, 0.15) is 5.03 Å². The Morgan fingerprint density at radius 1 is 1.23 bits per heavy atom. The second-order valence-corrected chi connectivity index (χ2v) is 5.46. The van der Waals surface area contributed by atoms with Gasteiger partial charge in [0.25, 0.3) is 0 Å². The minimum absolute atomic E-state index is 0. The molecule has 0 spiro atoms. The minimum Gasteiger partial charge on any atom is -0.545 e. The largest absolute Gasteiger partial charge is 1.00 e. The molecule has 0 saturated carbocycles. The van der Waals surface area contributed by atoms with Crippen LogP contribution in [0.4, 0.5) is 5.69 Å². The molecule has 0 aliphatic carbocycles. The van der Waals surface area contributed by atoms with Crippen LogP contribution in [-0.4, -0.2) is 22.6 Å². The number of carboxylic acids is 1. The van der Waals surface area contributed by atoms with E-state index in [1.165, 1.54) is 18.3 Å². The molecular weight excluding hydrogens is 351 g/mol. The number of aromatic carboxylic acids is 1. The zero-order chi connectivity index (χ0) is 15.2. The molecule has 2 aromatic rings. The first-order valence-electron chi connectivity index (χ1n) is 5.93. The molecular formula is C14H10ClKN2O3S. The summed E-state index contributed by atoms with van der Waals surface area (Å²) in [7, 11) is 0. The van der Waals surface area contributed by atoms with E-state index in [4.69, 9.17) is 11.6 Å². The number of benzene rings is 1. The molecule has 1 heterocycles. The van der Waals surface area contributed by atoms with Gasteiger partial charge < -0.3 is 15.2 Å². The summed E-state index contributed by atoms with van der Waals surface area (Å²) >= 11 is 6.52. The number of rotatable bonds is 5. The van der Waals surface area contributed by atoms with Crippen LogP contribution in [0.25, 0.3) is 0 Å². The van der Waals surface area contributed by atoms with Gasteiger partial charge in [0.2, 0.25) is 5.12 Å². The van der Waals surface area contributed by atoms with Gasteiger partial charge >= 0.3 is 51.4 Å². The molecule has 0 bridgehead atoms. The Hall–Kier alpha value is -0.414. The monoisotopic (exact) mass is 360 g/mol. The van der Waals surface area contributed by atoms with Crippen LogP contribution in [0.15, 0.2) is 47.6 Å². The fourth-order valence-electron chi connectivity index (χ4n) is 1.51. The third-order valence-electron chi connectivity index (χ3n) is 2.48. The number of carboxylic acid groups (broad SMARTS) is 1. The Morgan fingerprint density at radius 2 is 1.91 bits per heavy atom. The average Bonchev–Trinajstić information content (AvgIpc) is 2.47. The number of thioether (sulfide) groups is 1. The van der Waals surface area contributed by atoms with E-state index in [2.05, 4.69) is 10.3 Å². The number of hydrogen-bond donors (Lipinski definition) is 1. The van der Waals surface area contributed by atoms with E-state index in [1.54, 1.807) is 24.3 Å². The molecule has 5 nitrogen and oxygen atoms in total. The summed E-state index contributed by atoms with van der Waals surface area (Å²) in [5, 5.41) is 14.3. The van der Waals surface area contributed by atoms with E-state index >= 15 is 0 Å². The zero-order valence-corrected chi connectivity index (χ0v) is 16.4. The van der Waals surface area contributed by atoms with Gasteiger partial charge in [-0.1, -0.05) is 11.6 Å². The van der Waals surface area contributed by atoms with Crippen molar-refractivity contribution in [2.24, 2.45) is 0 Å². The summed E-state index contributed by atoms with van der Waals surface area (Å²) in [5.74, 6) is -1.36. The first-order chi connectivity index (χ1) is 10.1. The van der Waals surface area contributed by atoms with Crippen LogP contribution < -0.4 is 61.8 Å². The molecule has 0 saturated heterocycles. The van der Waals surface area contributed by atoms with E-state index < -0.39 is 5.97 Å². The summed E-state index contributed by atoms with van der Waals surface area (Å²) in [6, 6.07) is 9.72. The predicted molar refractivity (Wildman–Crippen MR) is 79.4 cm³/mol. The van der Waals surface area contributed by atoms with Crippen molar-refractivity contribution in [3.8, 4) is 0 Å². The standard InChI is InChI=1S/C14H11ClN2O3S.K/c15-9-3-5-10(6-4-9)17-8-12(18)21-13-11(14(19)20)2-1-7-16-13;/h1-7,17H,8H2,(H,19,20);/q;+1/p-1. The van der Waals surface area contributed by atoms with E-state index in [-0.39, 0.29) is 73.6 Å². The van der Waals surface area contributed by atoms with Crippen LogP contribution in [0.1, 0.15) is 10.4 Å².